The van der Waals surface area contributed by atoms with Crippen molar-refractivity contribution < 1.29 is 4.74 Å². The molecule has 1 atom stereocenters. The first-order valence-corrected chi connectivity index (χ1v) is 8.40. The van der Waals surface area contributed by atoms with E-state index in [9.17, 15) is 0 Å². The molecular weight excluding hydrogens is 362 g/mol. The molecule has 4 nitrogen and oxygen atoms in total. The molecule has 0 aliphatic heterocycles. The molecule has 0 amide bonds. The molecule has 1 N–H and O–H groups in total. The summed E-state index contributed by atoms with van der Waals surface area (Å²) < 4.78 is 8.08. The number of halogens is 2. The first kappa shape index (κ1) is 16.0. The molecule has 2 heterocycles. The lowest BCUT2D eigenvalue weighted by molar-refractivity contribution is 0.182. The predicted octanol–water partition coefficient (Wildman–Crippen LogP) is 3.71. The Labute approximate surface area is 136 Å². The van der Waals surface area contributed by atoms with Crippen LogP contribution >= 0.6 is 38.9 Å². The van der Waals surface area contributed by atoms with Crippen molar-refractivity contribution >= 4 is 38.9 Å². The van der Waals surface area contributed by atoms with Gasteiger partial charge >= 0.3 is 0 Å². The second-order valence-electron chi connectivity index (χ2n) is 4.22. The molecule has 2 aromatic rings. The number of ether oxygens (including phenoxy) is 1. The van der Waals surface area contributed by atoms with Gasteiger partial charge in [0.25, 0.3) is 0 Å². The van der Waals surface area contributed by atoms with Crippen molar-refractivity contribution in [1.82, 2.24) is 15.1 Å². The van der Waals surface area contributed by atoms with Crippen LogP contribution < -0.4 is 5.32 Å². The average molecular weight is 379 g/mol. The maximum atomic E-state index is 6.30. The molecule has 2 aromatic heterocycles. The Hall–Kier alpha value is -0.400. The van der Waals surface area contributed by atoms with Gasteiger partial charge in [-0.05, 0) is 33.9 Å². The van der Waals surface area contributed by atoms with Crippen LogP contribution in [0.15, 0.2) is 22.1 Å². The van der Waals surface area contributed by atoms with Crippen molar-refractivity contribution in [3.63, 3.8) is 0 Å². The largest absolute Gasteiger partial charge is 0.383 e. The molecule has 0 spiro atoms. The summed E-state index contributed by atoms with van der Waals surface area (Å²) in [7, 11) is 1.69. The quantitative estimate of drug-likeness (QED) is 0.798. The zero-order chi connectivity index (χ0) is 14.5. The van der Waals surface area contributed by atoms with Crippen molar-refractivity contribution in [3.8, 4) is 0 Å². The second-order valence-corrected chi connectivity index (χ2v) is 6.43. The first-order chi connectivity index (χ1) is 9.69. The summed E-state index contributed by atoms with van der Waals surface area (Å²) >= 11 is 11.5. The fraction of sp³-hybridized carbons (Fsp3) is 0.462. The summed E-state index contributed by atoms with van der Waals surface area (Å²) in [5, 5.41) is 10.7. The van der Waals surface area contributed by atoms with E-state index in [-0.39, 0.29) is 6.04 Å². The zero-order valence-electron chi connectivity index (χ0n) is 11.4. The van der Waals surface area contributed by atoms with Crippen molar-refractivity contribution in [2.45, 2.75) is 19.5 Å². The van der Waals surface area contributed by atoms with Gasteiger partial charge in [0.15, 0.2) is 0 Å². The normalized spacial score (nSPS) is 12.8. The number of hydrogen-bond acceptors (Lipinski definition) is 4. The van der Waals surface area contributed by atoms with E-state index in [0.717, 1.165) is 26.6 Å². The molecule has 0 aromatic carbocycles. The van der Waals surface area contributed by atoms with Gasteiger partial charge in [0, 0.05) is 12.0 Å². The maximum absolute atomic E-state index is 6.30. The Balaban J connectivity index is 2.39. The summed E-state index contributed by atoms with van der Waals surface area (Å²) in [5.74, 6) is 0. The Morgan fingerprint density at radius 1 is 1.60 bits per heavy atom. The molecule has 0 saturated heterocycles. The summed E-state index contributed by atoms with van der Waals surface area (Å²) in [5.41, 5.74) is 1.08. The van der Waals surface area contributed by atoms with Gasteiger partial charge in [0.1, 0.15) is 0 Å². The molecule has 0 aliphatic carbocycles. The molecule has 110 valence electrons. The second kappa shape index (κ2) is 7.56. The molecule has 0 saturated carbocycles. The van der Waals surface area contributed by atoms with Crippen LogP contribution in [-0.4, -0.2) is 30.0 Å². The van der Waals surface area contributed by atoms with Crippen molar-refractivity contribution in [3.05, 3.63) is 37.7 Å². The highest BCUT2D eigenvalue weighted by atomic mass is 79.9. The summed E-state index contributed by atoms with van der Waals surface area (Å²) in [6.45, 7) is 4.26. The molecule has 0 fully saturated rings. The molecule has 7 heteroatoms. The molecule has 1 unspecified atom stereocenters. The number of rotatable bonds is 7. The van der Waals surface area contributed by atoms with Crippen molar-refractivity contribution in [2.75, 3.05) is 20.3 Å². The SMILES string of the molecule is CCNC(c1sccc1Cl)c1c(Br)cnn1CCOC. The topological polar surface area (TPSA) is 39.1 Å². The maximum Gasteiger partial charge on any atom is 0.0868 e. The summed E-state index contributed by atoms with van der Waals surface area (Å²) in [6.07, 6.45) is 1.82. The smallest absolute Gasteiger partial charge is 0.0868 e. The highest BCUT2D eigenvalue weighted by molar-refractivity contribution is 9.10. The number of nitrogens with one attached hydrogen (secondary N) is 1. The van der Waals surface area contributed by atoms with Gasteiger partial charge in [-0.1, -0.05) is 18.5 Å². The van der Waals surface area contributed by atoms with Crippen LogP contribution in [-0.2, 0) is 11.3 Å². The van der Waals surface area contributed by atoms with Gasteiger partial charge in [-0.25, -0.2) is 0 Å². The monoisotopic (exact) mass is 377 g/mol. The highest BCUT2D eigenvalue weighted by Crippen LogP contribution is 2.35. The molecule has 2 rings (SSSR count). The molecule has 0 radical (unpaired) electrons. The minimum absolute atomic E-state index is 0.0289. The van der Waals surface area contributed by atoms with Crippen LogP contribution in [0.25, 0.3) is 0 Å². The number of nitrogens with zero attached hydrogens (tertiary/aromatic N) is 2. The van der Waals surface area contributed by atoms with E-state index in [1.807, 2.05) is 22.3 Å². The van der Waals surface area contributed by atoms with E-state index in [2.05, 4.69) is 33.3 Å². The molecule has 20 heavy (non-hydrogen) atoms. The first-order valence-electron chi connectivity index (χ1n) is 6.35. The Bertz CT molecular complexity index is 558. The number of aromatic nitrogens is 2. The van der Waals surface area contributed by atoms with Gasteiger partial charge < -0.3 is 10.1 Å². The Morgan fingerprint density at radius 3 is 3.00 bits per heavy atom. The van der Waals surface area contributed by atoms with Gasteiger partial charge in [-0.3, -0.25) is 4.68 Å². The minimum atomic E-state index is 0.0289. The summed E-state index contributed by atoms with van der Waals surface area (Å²) in [4.78, 5) is 1.10. The van der Waals surface area contributed by atoms with E-state index in [1.54, 1.807) is 18.4 Å². The zero-order valence-corrected chi connectivity index (χ0v) is 14.6. The fourth-order valence-corrected chi connectivity index (χ4v) is 3.81. The number of hydrogen-bond donors (Lipinski definition) is 1. The van der Waals surface area contributed by atoms with Gasteiger partial charge in [-0.2, -0.15) is 5.10 Å². The van der Waals surface area contributed by atoms with E-state index in [1.165, 1.54) is 0 Å². The van der Waals surface area contributed by atoms with Crippen LogP contribution in [0.4, 0.5) is 0 Å². The summed E-state index contributed by atoms with van der Waals surface area (Å²) in [6, 6.07) is 1.96. The van der Waals surface area contributed by atoms with Gasteiger partial charge in [0.05, 0.1) is 40.6 Å². The van der Waals surface area contributed by atoms with Gasteiger partial charge in [-0.15, -0.1) is 11.3 Å². The van der Waals surface area contributed by atoms with E-state index in [0.29, 0.717) is 13.2 Å². The molecule has 0 bridgehead atoms. The van der Waals surface area contributed by atoms with Crippen LogP contribution in [0.5, 0.6) is 0 Å². The molecular formula is C13H17BrClN3OS. The standard InChI is InChI=1S/C13H17BrClN3OS/c1-3-16-11(13-10(15)4-7-20-13)12-9(14)8-17-18(12)5-6-19-2/h4,7-8,11,16H,3,5-6H2,1-2H3. The number of thiophene rings is 1. The Kier molecular flexibility index (Phi) is 6.04. The van der Waals surface area contributed by atoms with Crippen molar-refractivity contribution in [2.24, 2.45) is 0 Å². The van der Waals surface area contributed by atoms with E-state index < -0.39 is 0 Å². The van der Waals surface area contributed by atoms with Crippen LogP contribution in [0.1, 0.15) is 23.5 Å². The number of methoxy groups -OCH3 is 1. The lowest BCUT2D eigenvalue weighted by atomic mass is 10.1. The lowest BCUT2D eigenvalue weighted by Crippen LogP contribution is -2.25. The molecule has 0 aliphatic rings. The third kappa shape index (κ3) is 3.43. The lowest BCUT2D eigenvalue weighted by Gasteiger charge is -2.19. The van der Waals surface area contributed by atoms with Crippen LogP contribution in [0, 0.1) is 0 Å². The third-order valence-electron chi connectivity index (χ3n) is 2.93. The Morgan fingerprint density at radius 2 is 2.40 bits per heavy atom. The van der Waals surface area contributed by atoms with Crippen molar-refractivity contribution in [1.29, 1.82) is 0 Å². The fourth-order valence-electron chi connectivity index (χ4n) is 2.04. The van der Waals surface area contributed by atoms with Gasteiger partial charge in [0.2, 0.25) is 0 Å². The van der Waals surface area contributed by atoms with E-state index in [4.69, 9.17) is 16.3 Å². The van der Waals surface area contributed by atoms with E-state index >= 15 is 0 Å². The highest BCUT2D eigenvalue weighted by Gasteiger charge is 2.24. The third-order valence-corrected chi connectivity index (χ3v) is 4.96. The minimum Gasteiger partial charge on any atom is -0.383 e. The van der Waals surface area contributed by atoms with Crippen LogP contribution in [0.2, 0.25) is 5.02 Å². The predicted molar refractivity (Wildman–Crippen MR) is 86.7 cm³/mol. The van der Waals surface area contributed by atoms with Crippen LogP contribution in [0.3, 0.4) is 0 Å². The average Bonchev–Trinajstić information content (AvgIpc) is 3.01.